The van der Waals surface area contributed by atoms with E-state index in [0.29, 0.717) is 0 Å². The van der Waals surface area contributed by atoms with Crippen molar-refractivity contribution in [3.63, 3.8) is 0 Å². The highest BCUT2D eigenvalue weighted by Crippen LogP contribution is 2.34. The number of hydrogen-bond donors (Lipinski definition) is 2. The average molecular weight is 372 g/mol. The molecular formula is C16H15F3N2O3S. The Morgan fingerprint density at radius 2 is 1.64 bits per heavy atom. The first-order valence-electron chi connectivity index (χ1n) is 7.20. The van der Waals surface area contributed by atoms with Gasteiger partial charge in [-0.25, -0.2) is 8.42 Å². The lowest BCUT2D eigenvalue weighted by molar-refractivity contribution is -0.136. The van der Waals surface area contributed by atoms with Crippen molar-refractivity contribution in [1.82, 2.24) is 0 Å². The maximum atomic E-state index is 12.9. The van der Waals surface area contributed by atoms with Gasteiger partial charge in [-0.1, -0.05) is 12.1 Å². The molecule has 0 radical (unpaired) electrons. The highest BCUT2D eigenvalue weighted by Gasteiger charge is 2.33. The molecule has 0 aliphatic carbocycles. The number of rotatable bonds is 5. The molecule has 0 aromatic heterocycles. The molecule has 0 fully saturated rings. The van der Waals surface area contributed by atoms with Gasteiger partial charge in [0, 0.05) is 11.3 Å². The zero-order valence-corrected chi connectivity index (χ0v) is 13.9. The molecule has 25 heavy (non-hydrogen) atoms. The summed E-state index contributed by atoms with van der Waals surface area (Å²) in [6.45, 7) is 1.47. The fourth-order valence-corrected chi connectivity index (χ4v) is 2.61. The highest BCUT2D eigenvalue weighted by molar-refractivity contribution is 7.92. The van der Waals surface area contributed by atoms with E-state index in [1.807, 2.05) is 0 Å². The number of nitrogens with one attached hydrogen (secondary N) is 2. The quantitative estimate of drug-likeness (QED) is 0.840. The first-order chi connectivity index (χ1) is 11.6. The van der Waals surface area contributed by atoms with Crippen LogP contribution in [0.2, 0.25) is 0 Å². The van der Waals surface area contributed by atoms with E-state index in [2.05, 4.69) is 10.0 Å². The minimum atomic E-state index is -4.59. The maximum Gasteiger partial charge on any atom is 0.418 e. The lowest BCUT2D eigenvalue weighted by Gasteiger charge is -2.13. The molecule has 5 nitrogen and oxygen atoms in total. The van der Waals surface area contributed by atoms with E-state index >= 15 is 0 Å². The summed E-state index contributed by atoms with van der Waals surface area (Å²) in [4.78, 5) is 12.1. The normalized spacial score (nSPS) is 11.8. The summed E-state index contributed by atoms with van der Waals surface area (Å²) in [5, 5.41) is 2.21. The van der Waals surface area contributed by atoms with Gasteiger partial charge in [0.25, 0.3) is 5.91 Å². The van der Waals surface area contributed by atoms with E-state index in [1.54, 1.807) is 0 Å². The third-order valence-corrected chi connectivity index (χ3v) is 4.59. The lowest BCUT2D eigenvalue weighted by atomic mass is 10.1. The Hall–Kier alpha value is -2.55. The molecule has 2 aromatic carbocycles. The molecule has 0 aliphatic heterocycles. The van der Waals surface area contributed by atoms with Gasteiger partial charge >= 0.3 is 6.18 Å². The van der Waals surface area contributed by atoms with Gasteiger partial charge in [-0.05, 0) is 43.3 Å². The summed E-state index contributed by atoms with van der Waals surface area (Å²) in [6.07, 6.45) is -4.59. The van der Waals surface area contributed by atoms with E-state index < -0.39 is 27.7 Å². The van der Waals surface area contributed by atoms with Crippen LogP contribution in [-0.2, 0) is 16.2 Å². The van der Waals surface area contributed by atoms with E-state index in [4.69, 9.17) is 0 Å². The number of halogens is 3. The molecule has 134 valence electrons. The molecule has 2 rings (SSSR count). The number of anilines is 2. The number of carbonyl (C=O) groups excluding carboxylic acids is 1. The van der Waals surface area contributed by atoms with Gasteiger partial charge in [-0.3, -0.25) is 9.52 Å². The second kappa shape index (κ2) is 7.14. The van der Waals surface area contributed by atoms with Crippen LogP contribution in [0.3, 0.4) is 0 Å². The molecule has 2 aromatic rings. The van der Waals surface area contributed by atoms with Gasteiger partial charge in [0.2, 0.25) is 10.0 Å². The number of sulfonamides is 1. The summed E-state index contributed by atoms with van der Waals surface area (Å²) in [7, 11) is -3.45. The molecule has 9 heteroatoms. The smallest absolute Gasteiger partial charge is 0.321 e. The molecule has 0 heterocycles. The second-order valence-corrected chi connectivity index (χ2v) is 7.09. The maximum absolute atomic E-state index is 12.9. The molecule has 2 N–H and O–H groups in total. The van der Waals surface area contributed by atoms with Crippen molar-refractivity contribution in [1.29, 1.82) is 0 Å². The van der Waals surface area contributed by atoms with Crippen LogP contribution in [-0.4, -0.2) is 20.1 Å². The molecule has 1 amide bonds. The van der Waals surface area contributed by atoms with Crippen LogP contribution in [0.1, 0.15) is 22.8 Å². The first-order valence-corrected chi connectivity index (χ1v) is 8.86. The molecule has 0 aliphatic rings. The van der Waals surface area contributed by atoms with Crippen LogP contribution in [0, 0.1) is 0 Å². The largest absolute Gasteiger partial charge is 0.418 e. The zero-order chi connectivity index (χ0) is 18.7. The summed E-state index contributed by atoms with van der Waals surface area (Å²) in [5.41, 5.74) is -0.947. The minimum Gasteiger partial charge on any atom is -0.321 e. The predicted molar refractivity (Wildman–Crippen MR) is 88.9 cm³/mol. The minimum absolute atomic E-state index is 0.0939. The molecule has 0 saturated carbocycles. The number of amides is 1. The Balaban J connectivity index is 2.18. The summed E-state index contributed by atoms with van der Waals surface area (Å²) >= 11 is 0. The van der Waals surface area contributed by atoms with E-state index in [1.165, 1.54) is 43.3 Å². The number of benzene rings is 2. The molecule has 0 unspecified atom stereocenters. The van der Waals surface area contributed by atoms with Crippen LogP contribution in [0.15, 0.2) is 48.5 Å². The SMILES string of the molecule is CCS(=O)(=O)Nc1ccc(C(=O)Nc2ccccc2C(F)(F)F)cc1. The van der Waals surface area contributed by atoms with Crippen LogP contribution < -0.4 is 10.0 Å². The first kappa shape index (κ1) is 18.8. The fraction of sp³-hybridized carbons (Fsp3) is 0.188. The second-order valence-electron chi connectivity index (χ2n) is 5.08. The van der Waals surface area contributed by atoms with Crippen molar-refractivity contribution < 1.29 is 26.4 Å². The van der Waals surface area contributed by atoms with Gasteiger partial charge in [-0.15, -0.1) is 0 Å². The van der Waals surface area contributed by atoms with Gasteiger partial charge in [0.05, 0.1) is 17.0 Å². The van der Waals surface area contributed by atoms with Crippen LogP contribution in [0.25, 0.3) is 0 Å². The Labute approximate surface area is 142 Å². The van der Waals surface area contributed by atoms with Crippen molar-refractivity contribution in [3.05, 3.63) is 59.7 Å². The Morgan fingerprint density at radius 1 is 1.04 bits per heavy atom. The Morgan fingerprint density at radius 3 is 2.20 bits per heavy atom. The average Bonchev–Trinajstić information content (AvgIpc) is 2.54. The van der Waals surface area contributed by atoms with Crippen molar-refractivity contribution in [3.8, 4) is 0 Å². The van der Waals surface area contributed by atoms with Crippen LogP contribution >= 0.6 is 0 Å². The van der Waals surface area contributed by atoms with E-state index in [0.717, 1.165) is 12.1 Å². The summed E-state index contributed by atoms with van der Waals surface area (Å²) in [6, 6.07) is 10.00. The highest BCUT2D eigenvalue weighted by atomic mass is 32.2. The van der Waals surface area contributed by atoms with E-state index in [-0.39, 0.29) is 22.7 Å². The van der Waals surface area contributed by atoms with Gasteiger partial charge in [0.15, 0.2) is 0 Å². The Bertz CT molecular complexity index is 863. The van der Waals surface area contributed by atoms with Crippen molar-refractivity contribution in [2.75, 3.05) is 15.8 Å². The third kappa shape index (κ3) is 4.96. The predicted octanol–water partition coefficient (Wildman–Crippen LogP) is 3.72. The van der Waals surface area contributed by atoms with Crippen LogP contribution in [0.4, 0.5) is 24.5 Å². The molecular weight excluding hydrogens is 357 g/mol. The van der Waals surface area contributed by atoms with Gasteiger partial charge in [0.1, 0.15) is 0 Å². The van der Waals surface area contributed by atoms with Crippen molar-refractivity contribution in [2.24, 2.45) is 0 Å². The number of carbonyl (C=O) groups is 1. The molecule has 0 spiro atoms. The Kier molecular flexibility index (Phi) is 5.36. The topological polar surface area (TPSA) is 75.3 Å². The van der Waals surface area contributed by atoms with Gasteiger partial charge < -0.3 is 5.32 Å². The summed E-state index contributed by atoms with van der Waals surface area (Å²) < 4.78 is 64.0. The molecule has 0 bridgehead atoms. The van der Waals surface area contributed by atoms with Crippen LogP contribution in [0.5, 0.6) is 0 Å². The zero-order valence-electron chi connectivity index (χ0n) is 13.1. The van der Waals surface area contributed by atoms with E-state index in [9.17, 15) is 26.4 Å². The standard InChI is InChI=1S/C16H15F3N2O3S/c1-2-25(23,24)21-12-9-7-11(8-10-12)15(22)20-14-6-4-3-5-13(14)16(17,18)19/h3-10,21H,2H2,1H3,(H,20,22). The number of alkyl halides is 3. The van der Waals surface area contributed by atoms with Crippen molar-refractivity contribution >= 4 is 27.3 Å². The van der Waals surface area contributed by atoms with Crippen molar-refractivity contribution in [2.45, 2.75) is 13.1 Å². The number of hydrogen-bond acceptors (Lipinski definition) is 3. The fourth-order valence-electron chi connectivity index (χ4n) is 1.98. The van der Waals surface area contributed by atoms with Gasteiger partial charge in [-0.2, -0.15) is 13.2 Å². The third-order valence-electron chi connectivity index (χ3n) is 3.28. The number of para-hydroxylation sites is 1. The monoisotopic (exact) mass is 372 g/mol. The summed E-state index contributed by atoms with van der Waals surface area (Å²) in [5.74, 6) is -0.842. The molecule has 0 atom stereocenters. The molecule has 0 saturated heterocycles. The lowest BCUT2D eigenvalue weighted by Crippen LogP contribution is -2.17.